The third-order valence-electron chi connectivity index (χ3n) is 5.78. The van der Waals surface area contributed by atoms with Gasteiger partial charge < -0.3 is 19.5 Å². The van der Waals surface area contributed by atoms with Crippen LogP contribution in [0.1, 0.15) is 17.4 Å². The molecule has 3 heterocycles. The van der Waals surface area contributed by atoms with E-state index in [1.165, 1.54) is 12.4 Å². The molecule has 1 aliphatic rings. The van der Waals surface area contributed by atoms with E-state index in [-0.39, 0.29) is 12.0 Å². The number of aromatic nitrogens is 3. The van der Waals surface area contributed by atoms with E-state index in [1.54, 1.807) is 13.2 Å². The van der Waals surface area contributed by atoms with Crippen LogP contribution in [0.4, 0.5) is 15.0 Å². The van der Waals surface area contributed by atoms with Crippen molar-refractivity contribution in [3.63, 3.8) is 0 Å². The highest BCUT2D eigenvalue weighted by Gasteiger charge is 2.23. The number of rotatable bonds is 7. The van der Waals surface area contributed by atoms with E-state index in [1.807, 2.05) is 47.9 Å². The summed E-state index contributed by atoms with van der Waals surface area (Å²) in [4.78, 5) is 24.6. The Hall–Kier alpha value is -4.18. The molecule has 5 rings (SSSR count). The molecule has 10 heteroatoms. The SMILES string of the molecule is COc1ccc(F)c2c1cc(C)n2CCNc1cc(-c2ccc(C3NOC(=O)N3)cc2)ncn1. The maximum atomic E-state index is 14.6. The van der Waals surface area contributed by atoms with Crippen LogP contribution in [0, 0.1) is 12.7 Å². The van der Waals surface area contributed by atoms with Crippen molar-refractivity contribution in [1.82, 2.24) is 25.3 Å². The average molecular weight is 462 g/mol. The molecule has 174 valence electrons. The minimum absolute atomic E-state index is 0.282. The Labute approximate surface area is 194 Å². The van der Waals surface area contributed by atoms with Crippen LogP contribution in [0.2, 0.25) is 0 Å². The predicted octanol–water partition coefficient (Wildman–Crippen LogP) is 3.91. The monoisotopic (exact) mass is 462 g/mol. The minimum atomic E-state index is -0.509. The van der Waals surface area contributed by atoms with E-state index in [4.69, 9.17) is 9.57 Å². The van der Waals surface area contributed by atoms with Crippen molar-refractivity contribution in [2.24, 2.45) is 0 Å². The molecule has 2 aromatic heterocycles. The van der Waals surface area contributed by atoms with E-state index in [2.05, 4.69) is 26.1 Å². The van der Waals surface area contributed by atoms with Gasteiger partial charge in [0.15, 0.2) is 0 Å². The molecule has 3 N–H and O–H groups in total. The molecule has 9 nitrogen and oxygen atoms in total. The lowest BCUT2D eigenvalue weighted by Gasteiger charge is -2.12. The summed E-state index contributed by atoms with van der Waals surface area (Å²) in [7, 11) is 1.58. The lowest BCUT2D eigenvalue weighted by Crippen LogP contribution is -2.21. The number of fused-ring (bicyclic) bond motifs is 1. The number of carbonyl (C=O) groups is 1. The lowest BCUT2D eigenvalue weighted by molar-refractivity contribution is 0.122. The van der Waals surface area contributed by atoms with Gasteiger partial charge >= 0.3 is 6.09 Å². The van der Waals surface area contributed by atoms with Gasteiger partial charge in [-0.1, -0.05) is 24.3 Å². The number of halogens is 1. The van der Waals surface area contributed by atoms with Gasteiger partial charge in [0.05, 0.1) is 18.3 Å². The average Bonchev–Trinajstić information content (AvgIpc) is 3.43. The van der Waals surface area contributed by atoms with Crippen molar-refractivity contribution in [3.05, 3.63) is 71.9 Å². The Morgan fingerprint density at radius 3 is 2.74 bits per heavy atom. The topological polar surface area (TPSA) is 102 Å². The van der Waals surface area contributed by atoms with Crippen LogP contribution in [0.25, 0.3) is 22.2 Å². The number of hydrogen-bond acceptors (Lipinski definition) is 7. The summed E-state index contributed by atoms with van der Waals surface area (Å²) in [6, 6.07) is 14.5. The minimum Gasteiger partial charge on any atom is -0.496 e. The van der Waals surface area contributed by atoms with Crippen molar-refractivity contribution >= 4 is 22.8 Å². The summed E-state index contributed by atoms with van der Waals surface area (Å²) >= 11 is 0. The predicted molar refractivity (Wildman–Crippen MR) is 125 cm³/mol. The highest BCUT2D eigenvalue weighted by Crippen LogP contribution is 2.31. The van der Waals surface area contributed by atoms with Crippen molar-refractivity contribution < 1.29 is 18.8 Å². The van der Waals surface area contributed by atoms with E-state index in [0.29, 0.717) is 30.2 Å². The first-order valence-electron chi connectivity index (χ1n) is 10.7. The van der Waals surface area contributed by atoms with Crippen molar-refractivity contribution in [2.45, 2.75) is 19.6 Å². The number of ether oxygens (including phenoxy) is 1. The summed E-state index contributed by atoms with van der Waals surface area (Å²) in [5, 5.41) is 6.71. The number of nitrogens with one attached hydrogen (secondary N) is 3. The molecule has 0 radical (unpaired) electrons. The molecule has 4 aromatic rings. The number of amides is 1. The zero-order valence-electron chi connectivity index (χ0n) is 18.6. The fraction of sp³-hybridized carbons (Fsp3) is 0.208. The maximum absolute atomic E-state index is 14.6. The summed E-state index contributed by atoms with van der Waals surface area (Å²) in [6.45, 7) is 3.04. The fourth-order valence-electron chi connectivity index (χ4n) is 4.10. The highest BCUT2D eigenvalue weighted by molar-refractivity contribution is 5.88. The molecule has 34 heavy (non-hydrogen) atoms. The molecule has 1 saturated heterocycles. The maximum Gasteiger partial charge on any atom is 0.427 e. The lowest BCUT2D eigenvalue weighted by atomic mass is 10.1. The Bertz CT molecular complexity index is 1360. The molecule has 1 aliphatic heterocycles. The smallest absolute Gasteiger partial charge is 0.427 e. The summed E-state index contributed by atoms with van der Waals surface area (Å²) in [5.41, 5.74) is 6.61. The Balaban J connectivity index is 1.28. The fourth-order valence-corrected chi connectivity index (χ4v) is 4.10. The zero-order valence-corrected chi connectivity index (χ0v) is 18.6. The molecule has 1 amide bonds. The van der Waals surface area contributed by atoms with Crippen LogP contribution in [-0.2, 0) is 11.4 Å². The normalized spacial score (nSPS) is 15.3. The zero-order chi connectivity index (χ0) is 23.7. The molecule has 1 fully saturated rings. The molecule has 1 unspecified atom stereocenters. The molecule has 2 aromatic carbocycles. The van der Waals surface area contributed by atoms with Crippen LogP contribution in [0.3, 0.4) is 0 Å². The molecule has 1 atom stereocenters. The number of carbonyl (C=O) groups excluding carboxylic acids is 1. The van der Waals surface area contributed by atoms with E-state index >= 15 is 0 Å². The van der Waals surface area contributed by atoms with Crippen LogP contribution >= 0.6 is 0 Å². The van der Waals surface area contributed by atoms with Crippen LogP contribution in [-0.4, -0.2) is 34.3 Å². The molecule has 0 aliphatic carbocycles. The second-order valence-electron chi connectivity index (χ2n) is 7.87. The highest BCUT2D eigenvalue weighted by atomic mass is 19.1. The summed E-state index contributed by atoms with van der Waals surface area (Å²) in [5.74, 6) is 1.03. The molecular weight excluding hydrogens is 439 g/mol. The van der Waals surface area contributed by atoms with Gasteiger partial charge in [0.2, 0.25) is 0 Å². The number of hydrogen-bond donors (Lipinski definition) is 3. The quantitative estimate of drug-likeness (QED) is 0.383. The van der Waals surface area contributed by atoms with Gasteiger partial charge in [-0.25, -0.2) is 19.2 Å². The van der Waals surface area contributed by atoms with Crippen molar-refractivity contribution in [2.75, 3.05) is 19.0 Å². The summed E-state index contributed by atoms with van der Waals surface area (Å²) in [6.07, 6.45) is 0.603. The van der Waals surface area contributed by atoms with Gasteiger partial charge in [-0.15, -0.1) is 5.48 Å². The third kappa shape index (κ3) is 4.11. The van der Waals surface area contributed by atoms with Gasteiger partial charge in [0.25, 0.3) is 0 Å². The number of benzene rings is 2. The largest absolute Gasteiger partial charge is 0.496 e. The molecule has 0 spiro atoms. The van der Waals surface area contributed by atoms with Gasteiger partial charge in [0, 0.05) is 35.8 Å². The van der Waals surface area contributed by atoms with E-state index in [0.717, 1.165) is 27.9 Å². The van der Waals surface area contributed by atoms with Crippen molar-refractivity contribution in [1.29, 1.82) is 0 Å². The first-order valence-corrected chi connectivity index (χ1v) is 10.7. The molecule has 0 saturated carbocycles. The van der Waals surface area contributed by atoms with Crippen LogP contribution < -0.4 is 20.9 Å². The van der Waals surface area contributed by atoms with E-state index in [9.17, 15) is 9.18 Å². The third-order valence-corrected chi connectivity index (χ3v) is 5.78. The number of hydroxylamine groups is 1. The number of anilines is 1. The van der Waals surface area contributed by atoms with E-state index < -0.39 is 6.09 Å². The van der Waals surface area contributed by atoms with Gasteiger partial charge in [0.1, 0.15) is 29.9 Å². The summed E-state index contributed by atoms with van der Waals surface area (Å²) < 4.78 is 21.9. The first-order chi connectivity index (χ1) is 16.5. The van der Waals surface area contributed by atoms with Gasteiger partial charge in [-0.05, 0) is 30.7 Å². The Kier molecular flexibility index (Phi) is 5.72. The first kappa shape index (κ1) is 21.7. The Morgan fingerprint density at radius 2 is 2.00 bits per heavy atom. The molecular formula is C24H23FN6O3. The number of aryl methyl sites for hydroxylation is 1. The van der Waals surface area contributed by atoms with Crippen LogP contribution in [0.5, 0.6) is 5.75 Å². The number of methoxy groups -OCH3 is 1. The van der Waals surface area contributed by atoms with Gasteiger partial charge in [-0.3, -0.25) is 5.32 Å². The molecule has 0 bridgehead atoms. The van der Waals surface area contributed by atoms with Crippen LogP contribution in [0.15, 0.2) is 54.9 Å². The Morgan fingerprint density at radius 1 is 1.18 bits per heavy atom. The van der Waals surface area contributed by atoms with Crippen molar-refractivity contribution in [3.8, 4) is 17.0 Å². The van der Waals surface area contributed by atoms with Gasteiger partial charge in [-0.2, -0.15) is 0 Å². The second-order valence-corrected chi connectivity index (χ2v) is 7.87. The second kappa shape index (κ2) is 8.99. The standard InChI is InChI=1S/C24H23FN6O3/c1-14-11-17-20(33-2)8-7-18(25)22(17)31(14)10-9-26-21-12-19(27-13-28-21)15-3-5-16(6-4-15)23-29-24(32)34-30-23/h3-8,11-13,23,30H,9-10H2,1-2H3,(H,29,32)(H,26,27,28). The number of nitrogens with zero attached hydrogens (tertiary/aromatic N) is 3.